The van der Waals surface area contributed by atoms with E-state index in [-0.39, 0.29) is 12.3 Å². The van der Waals surface area contributed by atoms with E-state index in [0.717, 1.165) is 10.5 Å². The molecule has 106 valence electrons. The number of hydrogen-bond donors (Lipinski definition) is 2. The van der Waals surface area contributed by atoms with Gasteiger partial charge in [-0.15, -0.1) is 19.7 Å². The van der Waals surface area contributed by atoms with Crippen LogP contribution in [0.15, 0.2) is 56.2 Å². The van der Waals surface area contributed by atoms with Crippen LogP contribution in [0.2, 0.25) is 0 Å². The topological polar surface area (TPSA) is 60.8 Å². The van der Waals surface area contributed by atoms with E-state index in [1.54, 1.807) is 24.3 Å². The third-order valence-electron chi connectivity index (χ3n) is 2.92. The van der Waals surface area contributed by atoms with Crippen LogP contribution in [-0.4, -0.2) is 27.8 Å². The van der Waals surface area contributed by atoms with Crippen LogP contribution in [0.25, 0.3) is 0 Å². The zero-order valence-electron chi connectivity index (χ0n) is 11.3. The highest BCUT2D eigenvalue weighted by Gasteiger charge is 2.23. The molecule has 1 atom stereocenters. The Morgan fingerprint density at radius 3 is 2.50 bits per heavy atom. The molecule has 1 unspecified atom stereocenters. The fourth-order valence-corrected chi connectivity index (χ4v) is 2.01. The summed E-state index contributed by atoms with van der Waals surface area (Å²) in [6, 6.07) is 4.47. The van der Waals surface area contributed by atoms with Crippen molar-refractivity contribution in [2.75, 3.05) is 6.54 Å². The van der Waals surface area contributed by atoms with Crippen molar-refractivity contribution in [3.8, 4) is 5.75 Å². The SMILES string of the molecule is C=CCc1ccc(O)c(C(C=C)N(CC=C)C(=O)O)c1. The van der Waals surface area contributed by atoms with Crippen molar-refractivity contribution < 1.29 is 15.0 Å². The Hall–Kier alpha value is -2.49. The number of carboxylic acid groups (broad SMARTS) is 1. The van der Waals surface area contributed by atoms with Crippen molar-refractivity contribution in [1.29, 1.82) is 0 Å². The smallest absolute Gasteiger partial charge is 0.408 e. The van der Waals surface area contributed by atoms with Gasteiger partial charge in [-0.05, 0) is 24.1 Å². The Bertz CT molecular complexity index is 522. The first-order valence-electron chi connectivity index (χ1n) is 6.20. The van der Waals surface area contributed by atoms with Gasteiger partial charge < -0.3 is 10.2 Å². The van der Waals surface area contributed by atoms with Crippen molar-refractivity contribution in [3.63, 3.8) is 0 Å². The van der Waals surface area contributed by atoms with E-state index in [4.69, 9.17) is 0 Å². The van der Waals surface area contributed by atoms with Gasteiger partial charge in [-0.2, -0.15) is 0 Å². The van der Waals surface area contributed by atoms with Gasteiger partial charge in [0.05, 0.1) is 6.04 Å². The van der Waals surface area contributed by atoms with Crippen LogP contribution in [0.5, 0.6) is 5.75 Å². The minimum absolute atomic E-state index is 0.0398. The maximum absolute atomic E-state index is 11.3. The van der Waals surface area contributed by atoms with Gasteiger partial charge in [-0.1, -0.05) is 24.3 Å². The molecule has 0 aliphatic rings. The fraction of sp³-hybridized carbons (Fsp3) is 0.188. The minimum Gasteiger partial charge on any atom is -0.508 e. The van der Waals surface area contributed by atoms with Gasteiger partial charge in [-0.25, -0.2) is 4.79 Å². The molecule has 0 spiro atoms. The van der Waals surface area contributed by atoms with E-state index in [0.29, 0.717) is 12.0 Å². The summed E-state index contributed by atoms with van der Waals surface area (Å²) in [5.41, 5.74) is 1.45. The molecule has 2 N–H and O–H groups in total. The van der Waals surface area contributed by atoms with Gasteiger partial charge in [0.25, 0.3) is 0 Å². The summed E-state index contributed by atoms with van der Waals surface area (Å²) in [6.07, 6.45) is 4.28. The minimum atomic E-state index is -1.09. The predicted molar refractivity (Wildman–Crippen MR) is 79.9 cm³/mol. The van der Waals surface area contributed by atoms with Crippen LogP contribution in [0.4, 0.5) is 4.79 Å². The number of amides is 1. The molecule has 0 aromatic heterocycles. The predicted octanol–water partition coefficient (Wildman–Crippen LogP) is 3.51. The number of carbonyl (C=O) groups is 1. The quantitative estimate of drug-likeness (QED) is 0.747. The number of rotatable bonds is 7. The van der Waals surface area contributed by atoms with Gasteiger partial charge in [0.1, 0.15) is 5.75 Å². The average Bonchev–Trinajstić information content (AvgIpc) is 2.42. The molecule has 0 bridgehead atoms. The Morgan fingerprint density at radius 1 is 1.30 bits per heavy atom. The Labute approximate surface area is 119 Å². The molecule has 0 aliphatic carbocycles. The molecular weight excluding hydrogens is 254 g/mol. The molecule has 1 aromatic rings. The van der Waals surface area contributed by atoms with E-state index in [9.17, 15) is 15.0 Å². The van der Waals surface area contributed by atoms with E-state index in [1.165, 1.54) is 12.2 Å². The molecule has 0 heterocycles. The van der Waals surface area contributed by atoms with Crippen LogP contribution in [0, 0.1) is 0 Å². The highest BCUT2D eigenvalue weighted by molar-refractivity contribution is 5.67. The van der Waals surface area contributed by atoms with Crippen LogP contribution in [0.1, 0.15) is 17.2 Å². The van der Waals surface area contributed by atoms with Gasteiger partial charge >= 0.3 is 6.09 Å². The van der Waals surface area contributed by atoms with Crippen LogP contribution >= 0.6 is 0 Å². The summed E-state index contributed by atoms with van der Waals surface area (Å²) < 4.78 is 0. The summed E-state index contributed by atoms with van der Waals surface area (Å²) in [6.45, 7) is 11.0. The zero-order chi connectivity index (χ0) is 15.1. The molecule has 0 aliphatic heterocycles. The molecule has 4 heteroatoms. The first-order chi connectivity index (χ1) is 9.54. The average molecular weight is 273 g/mol. The lowest BCUT2D eigenvalue weighted by Crippen LogP contribution is -2.32. The lowest BCUT2D eigenvalue weighted by molar-refractivity contribution is 0.139. The van der Waals surface area contributed by atoms with Crippen molar-refractivity contribution >= 4 is 6.09 Å². The number of benzene rings is 1. The molecule has 1 rings (SSSR count). The molecule has 1 amide bonds. The van der Waals surface area contributed by atoms with Crippen molar-refractivity contribution in [2.24, 2.45) is 0 Å². The number of hydrogen-bond acceptors (Lipinski definition) is 2. The maximum atomic E-state index is 11.3. The lowest BCUT2D eigenvalue weighted by atomic mass is 10.00. The number of allylic oxidation sites excluding steroid dienone is 1. The number of phenolic OH excluding ortho intramolecular Hbond substituents is 1. The second-order valence-electron chi connectivity index (χ2n) is 4.29. The standard InChI is InChI=1S/C16H19NO3/c1-4-7-12-8-9-15(18)13(11-12)14(6-3)17(10-5-2)16(19)20/h4-6,8-9,11,14,18H,1-3,7,10H2,(H,19,20). The van der Waals surface area contributed by atoms with E-state index in [2.05, 4.69) is 19.7 Å². The Morgan fingerprint density at radius 2 is 2.00 bits per heavy atom. The maximum Gasteiger partial charge on any atom is 0.408 e. The van der Waals surface area contributed by atoms with Crippen LogP contribution in [0.3, 0.4) is 0 Å². The summed E-state index contributed by atoms with van der Waals surface area (Å²) in [5.74, 6) is 0.0398. The molecular formula is C16H19NO3. The molecule has 1 aromatic carbocycles. The van der Waals surface area contributed by atoms with E-state index in [1.807, 2.05) is 0 Å². The van der Waals surface area contributed by atoms with Crippen molar-refractivity contribution in [2.45, 2.75) is 12.5 Å². The van der Waals surface area contributed by atoms with Crippen LogP contribution < -0.4 is 0 Å². The normalized spacial score (nSPS) is 11.4. The monoisotopic (exact) mass is 273 g/mol. The molecule has 20 heavy (non-hydrogen) atoms. The first kappa shape index (κ1) is 15.6. The summed E-state index contributed by atoms with van der Waals surface area (Å²) in [5, 5.41) is 19.2. The first-order valence-corrected chi connectivity index (χ1v) is 6.20. The van der Waals surface area contributed by atoms with Gasteiger partial charge in [0.15, 0.2) is 0 Å². The van der Waals surface area contributed by atoms with Gasteiger partial charge in [0, 0.05) is 12.1 Å². The third-order valence-corrected chi connectivity index (χ3v) is 2.92. The third kappa shape index (κ3) is 3.51. The van der Waals surface area contributed by atoms with Crippen molar-refractivity contribution in [1.82, 2.24) is 4.90 Å². The molecule has 0 saturated carbocycles. The Kier molecular flexibility index (Phi) is 5.59. The number of aromatic hydroxyl groups is 1. The summed E-state index contributed by atoms with van der Waals surface area (Å²) in [7, 11) is 0. The highest BCUT2D eigenvalue weighted by atomic mass is 16.4. The van der Waals surface area contributed by atoms with E-state index >= 15 is 0 Å². The number of phenols is 1. The molecule has 0 radical (unpaired) electrons. The summed E-state index contributed by atoms with van der Waals surface area (Å²) >= 11 is 0. The largest absolute Gasteiger partial charge is 0.508 e. The van der Waals surface area contributed by atoms with E-state index < -0.39 is 12.1 Å². The molecule has 0 saturated heterocycles. The summed E-state index contributed by atoms with van der Waals surface area (Å²) in [4.78, 5) is 12.5. The number of nitrogens with zero attached hydrogens (tertiary/aromatic N) is 1. The second kappa shape index (κ2) is 7.19. The fourth-order valence-electron chi connectivity index (χ4n) is 2.01. The van der Waals surface area contributed by atoms with Crippen LogP contribution in [-0.2, 0) is 6.42 Å². The molecule has 0 fully saturated rings. The second-order valence-corrected chi connectivity index (χ2v) is 4.29. The Balaban J connectivity index is 3.24. The van der Waals surface area contributed by atoms with Crippen molar-refractivity contribution in [3.05, 3.63) is 67.3 Å². The lowest BCUT2D eigenvalue weighted by Gasteiger charge is -2.27. The van der Waals surface area contributed by atoms with Gasteiger partial charge in [0.2, 0.25) is 0 Å². The highest BCUT2D eigenvalue weighted by Crippen LogP contribution is 2.30. The van der Waals surface area contributed by atoms with Gasteiger partial charge in [-0.3, -0.25) is 4.90 Å². The zero-order valence-corrected chi connectivity index (χ0v) is 11.3. The molecule has 4 nitrogen and oxygen atoms in total.